The number of thiazole rings is 1. The average molecular weight is 394 g/mol. The van der Waals surface area contributed by atoms with E-state index in [1.165, 1.54) is 23.2 Å². The number of nitrogens with zero attached hydrogens (tertiary/aromatic N) is 2. The quantitative estimate of drug-likeness (QED) is 0.454. The molecule has 0 saturated carbocycles. The molecule has 1 aliphatic carbocycles. The first-order chi connectivity index (χ1) is 13.6. The molecule has 7 heteroatoms. The minimum absolute atomic E-state index is 0.00630. The molecule has 5 rings (SSSR count). The van der Waals surface area contributed by atoms with Crippen molar-refractivity contribution in [1.82, 2.24) is 4.98 Å². The first kappa shape index (κ1) is 17.2. The fourth-order valence-corrected chi connectivity index (χ4v) is 4.91. The molecule has 1 aromatic heterocycles. The predicted molar refractivity (Wildman–Crippen MR) is 104 cm³/mol. The van der Waals surface area contributed by atoms with Crippen LogP contribution >= 0.6 is 11.3 Å². The predicted octanol–water partition coefficient (Wildman–Crippen LogP) is 3.32. The molecule has 0 N–H and O–H groups in total. The van der Waals surface area contributed by atoms with Gasteiger partial charge in [0.2, 0.25) is 0 Å². The molecule has 142 valence electrons. The van der Waals surface area contributed by atoms with Gasteiger partial charge in [0.1, 0.15) is 0 Å². The standard InChI is InChI=1S/C21H18N2O4S/c1-12-10-17(27-20(12)25)26-11-15-18-14-5-3-2-4-13(14)6-7-16(18)23(19(15)24)21-22-8-9-28-21/h2-5,8-11,16-18H,6-7H2,1H3/b15-11+. The normalized spacial score (nSPS) is 27.5. The van der Waals surface area contributed by atoms with Gasteiger partial charge in [-0.3, -0.25) is 9.69 Å². The smallest absolute Gasteiger partial charge is 0.336 e. The zero-order valence-electron chi connectivity index (χ0n) is 15.2. The van der Waals surface area contributed by atoms with E-state index >= 15 is 0 Å². The summed E-state index contributed by atoms with van der Waals surface area (Å²) in [5.41, 5.74) is 3.48. The lowest BCUT2D eigenvalue weighted by molar-refractivity contribution is -0.152. The van der Waals surface area contributed by atoms with Crippen LogP contribution in [0, 0.1) is 0 Å². The van der Waals surface area contributed by atoms with Crippen molar-refractivity contribution in [2.45, 2.75) is 38.0 Å². The van der Waals surface area contributed by atoms with Crippen LogP contribution in [0.15, 0.2) is 59.3 Å². The van der Waals surface area contributed by atoms with E-state index in [9.17, 15) is 9.59 Å². The number of carbonyl (C=O) groups excluding carboxylic acids is 2. The second kappa shape index (κ2) is 6.60. The molecule has 3 aliphatic rings. The minimum atomic E-state index is -0.793. The Bertz CT molecular complexity index is 1010. The molecule has 1 saturated heterocycles. The highest BCUT2D eigenvalue weighted by atomic mass is 32.1. The molecule has 0 bridgehead atoms. The monoisotopic (exact) mass is 394 g/mol. The SMILES string of the molecule is CC1=CC(O/C=C2/C(=O)N(c3nccs3)C3CCc4ccccc4C23)OC1=O. The van der Waals surface area contributed by atoms with Gasteiger partial charge in [-0.25, -0.2) is 9.78 Å². The summed E-state index contributed by atoms with van der Waals surface area (Å²) >= 11 is 1.45. The van der Waals surface area contributed by atoms with Crippen molar-refractivity contribution in [2.75, 3.05) is 4.90 Å². The van der Waals surface area contributed by atoms with Crippen molar-refractivity contribution in [3.63, 3.8) is 0 Å². The second-order valence-corrected chi connectivity index (χ2v) is 7.98. The van der Waals surface area contributed by atoms with E-state index in [-0.39, 0.29) is 17.9 Å². The molecule has 28 heavy (non-hydrogen) atoms. The largest absolute Gasteiger partial charge is 0.458 e. The number of benzene rings is 1. The van der Waals surface area contributed by atoms with Crippen LogP contribution in [0.5, 0.6) is 0 Å². The lowest BCUT2D eigenvalue weighted by Gasteiger charge is -2.31. The Balaban J connectivity index is 1.54. The number of hydrogen-bond donors (Lipinski definition) is 0. The van der Waals surface area contributed by atoms with Crippen molar-refractivity contribution in [3.05, 3.63) is 70.5 Å². The van der Waals surface area contributed by atoms with Gasteiger partial charge in [-0.05, 0) is 30.9 Å². The lowest BCUT2D eigenvalue weighted by atomic mass is 9.78. The summed E-state index contributed by atoms with van der Waals surface area (Å²) in [4.78, 5) is 31.1. The summed E-state index contributed by atoms with van der Waals surface area (Å²) in [6, 6.07) is 8.23. The molecule has 3 unspecified atom stereocenters. The van der Waals surface area contributed by atoms with Gasteiger partial charge in [-0.15, -0.1) is 11.3 Å². The topological polar surface area (TPSA) is 68.7 Å². The van der Waals surface area contributed by atoms with E-state index < -0.39 is 12.3 Å². The van der Waals surface area contributed by atoms with Crippen molar-refractivity contribution < 1.29 is 19.1 Å². The molecular formula is C21H18N2O4S. The number of cyclic esters (lactones) is 1. The Kier molecular flexibility index (Phi) is 4.05. The van der Waals surface area contributed by atoms with Crippen molar-refractivity contribution in [1.29, 1.82) is 0 Å². The number of hydrogen-bond acceptors (Lipinski definition) is 6. The van der Waals surface area contributed by atoms with E-state index in [0.717, 1.165) is 18.4 Å². The number of fused-ring (bicyclic) bond motifs is 3. The van der Waals surface area contributed by atoms with Crippen LogP contribution in [0.2, 0.25) is 0 Å². The Hall–Kier alpha value is -2.93. The first-order valence-corrected chi connectivity index (χ1v) is 10.1. The maximum absolute atomic E-state index is 13.3. The lowest BCUT2D eigenvalue weighted by Crippen LogP contribution is -2.37. The van der Waals surface area contributed by atoms with Crippen molar-refractivity contribution in [3.8, 4) is 0 Å². The zero-order chi connectivity index (χ0) is 19.3. The Morgan fingerprint density at radius 3 is 2.93 bits per heavy atom. The Morgan fingerprint density at radius 1 is 1.32 bits per heavy atom. The molecule has 6 nitrogen and oxygen atoms in total. The molecule has 1 aromatic carbocycles. The number of ether oxygens (including phenoxy) is 2. The van der Waals surface area contributed by atoms with Crippen LogP contribution < -0.4 is 4.90 Å². The molecule has 0 radical (unpaired) electrons. The van der Waals surface area contributed by atoms with Crippen molar-refractivity contribution >= 4 is 28.3 Å². The van der Waals surface area contributed by atoms with E-state index in [2.05, 4.69) is 17.1 Å². The van der Waals surface area contributed by atoms with Gasteiger partial charge in [0, 0.05) is 29.1 Å². The number of rotatable bonds is 3. The van der Waals surface area contributed by atoms with E-state index in [1.54, 1.807) is 24.1 Å². The number of anilines is 1. The van der Waals surface area contributed by atoms with Crippen LogP contribution in [-0.2, 0) is 25.5 Å². The third-order valence-corrected chi connectivity index (χ3v) is 6.27. The van der Waals surface area contributed by atoms with Crippen LogP contribution in [0.4, 0.5) is 5.13 Å². The summed E-state index contributed by atoms with van der Waals surface area (Å²) < 4.78 is 10.8. The minimum Gasteiger partial charge on any atom is -0.458 e. The molecular weight excluding hydrogens is 376 g/mol. The third kappa shape index (κ3) is 2.65. The fraction of sp³-hybridized carbons (Fsp3) is 0.286. The van der Waals surface area contributed by atoms with Crippen LogP contribution in [0.25, 0.3) is 0 Å². The number of esters is 1. The van der Waals surface area contributed by atoms with Gasteiger partial charge in [0.15, 0.2) is 5.13 Å². The summed E-state index contributed by atoms with van der Waals surface area (Å²) in [7, 11) is 0. The second-order valence-electron chi connectivity index (χ2n) is 7.10. The fourth-order valence-electron chi connectivity index (χ4n) is 4.22. The molecule has 1 amide bonds. The maximum atomic E-state index is 13.3. The third-order valence-electron chi connectivity index (χ3n) is 5.50. The van der Waals surface area contributed by atoms with Crippen LogP contribution in [0.1, 0.15) is 30.4 Å². The maximum Gasteiger partial charge on any atom is 0.336 e. The summed E-state index contributed by atoms with van der Waals surface area (Å²) in [5.74, 6) is -0.596. The van der Waals surface area contributed by atoms with Gasteiger partial charge in [-0.1, -0.05) is 24.3 Å². The van der Waals surface area contributed by atoms with Crippen LogP contribution in [-0.4, -0.2) is 29.2 Å². The zero-order valence-corrected chi connectivity index (χ0v) is 16.0. The van der Waals surface area contributed by atoms with Gasteiger partial charge in [0.05, 0.1) is 17.9 Å². The summed E-state index contributed by atoms with van der Waals surface area (Å²) in [6.07, 6.45) is 5.79. The number of carbonyl (C=O) groups is 2. The van der Waals surface area contributed by atoms with E-state index in [1.807, 2.05) is 17.5 Å². The van der Waals surface area contributed by atoms with Gasteiger partial charge in [0.25, 0.3) is 12.2 Å². The summed E-state index contributed by atoms with van der Waals surface area (Å²) in [5, 5.41) is 2.57. The molecule has 0 spiro atoms. The first-order valence-electron chi connectivity index (χ1n) is 9.19. The van der Waals surface area contributed by atoms with Gasteiger partial charge < -0.3 is 9.47 Å². The van der Waals surface area contributed by atoms with E-state index in [4.69, 9.17) is 9.47 Å². The van der Waals surface area contributed by atoms with Gasteiger partial charge >= 0.3 is 5.97 Å². The summed E-state index contributed by atoms with van der Waals surface area (Å²) in [6.45, 7) is 1.68. The molecule has 3 heterocycles. The Labute approximate surface area is 166 Å². The molecule has 3 atom stereocenters. The number of aromatic nitrogens is 1. The molecule has 1 fully saturated rings. The highest BCUT2D eigenvalue weighted by Gasteiger charge is 2.49. The Morgan fingerprint density at radius 2 is 2.18 bits per heavy atom. The van der Waals surface area contributed by atoms with Crippen molar-refractivity contribution in [2.24, 2.45) is 0 Å². The van der Waals surface area contributed by atoms with Crippen LogP contribution in [0.3, 0.4) is 0 Å². The molecule has 2 aliphatic heterocycles. The highest BCUT2D eigenvalue weighted by molar-refractivity contribution is 7.13. The average Bonchev–Trinajstić information content (AvgIpc) is 3.39. The van der Waals surface area contributed by atoms with E-state index in [0.29, 0.717) is 16.3 Å². The highest BCUT2D eigenvalue weighted by Crippen LogP contribution is 2.47. The molecule has 2 aromatic rings. The number of aryl methyl sites for hydroxylation is 1. The number of amides is 1. The van der Waals surface area contributed by atoms with Gasteiger partial charge in [-0.2, -0.15) is 0 Å².